The first-order valence-corrected chi connectivity index (χ1v) is 7.92. The van der Waals surface area contributed by atoms with Crippen LogP contribution in [0.4, 0.5) is 0 Å². The van der Waals surface area contributed by atoms with E-state index < -0.39 is 0 Å². The molecule has 0 N–H and O–H groups in total. The SMILES string of the molecule is CC.CC.CCCc1cn(-c2ccc(C)cc2OC)cn1. The number of hydrogen-bond acceptors (Lipinski definition) is 2. The summed E-state index contributed by atoms with van der Waals surface area (Å²) in [5.74, 6) is 0.880. The van der Waals surface area contributed by atoms with Crippen LogP contribution in [0.3, 0.4) is 0 Å². The second-order valence-corrected chi connectivity index (χ2v) is 4.20. The first-order valence-electron chi connectivity index (χ1n) is 7.92. The van der Waals surface area contributed by atoms with Crippen LogP contribution in [0.1, 0.15) is 52.3 Å². The Labute approximate surface area is 130 Å². The van der Waals surface area contributed by atoms with E-state index in [4.69, 9.17) is 4.74 Å². The number of hydrogen-bond donors (Lipinski definition) is 0. The maximum absolute atomic E-state index is 5.40. The van der Waals surface area contributed by atoms with Gasteiger partial charge in [-0.05, 0) is 31.0 Å². The van der Waals surface area contributed by atoms with Gasteiger partial charge >= 0.3 is 0 Å². The molecule has 0 aliphatic heterocycles. The van der Waals surface area contributed by atoms with E-state index in [0.29, 0.717) is 0 Å². The summed E-state index contributed by atoms with van der Waals surface area (Å²) >= 11 is 0. The molecule has 0 saturated heterocycles. The van der Waals surface area contributed by atoms with Crippen molar-refractivity contribution >= 4 is 0 Å². The highest BCUT2D eigenvalue weighted by atomic mass is 16.5. The number of methoxy groups -OCH3 is 1. The molecule has 1 heterocycles. The van der Waals surface area contributed by atoms with Gasteiger partial charge in [0.2, 0.25) is 0 Å². The third-order valence-electron chi connectivity index (χ3n) is 2.76. The Balaban J connectivity index is 0.000000921. The number of nitrogens with zero attached hydrogens (tertiary/aromatic N) is 2. The summed E-state index contributed by atoms with van der Waals surface area (Å²) in [6, 6.07) is 6.18. The van der Waals surface area contributed by atoms with Crippen molar-refractivity contribution in [2.24, 2.45) is 0 Å². The molecule has 0 fully saturated rings. The topological polar surface area (TPSA) is 27.1 Å². The van der Waals surface area contributed by atoms with E-state index in [1.807, 2.05) is 44.7 Å². The van der Waals surface area contributed by atoms with Crippen molar-refractivity contribution in [3.63, 3.8) is 0 Å². The Bertz CT molecular complexity index is 504. The maximum Gasteiger partial charge on any atom is 0.143 e. The zero-order valence-corrected chi connectivity index (χ0v) is 14.6. The Morgan fingerprint density at radius 2 is 1.81 bits per heavy atom. The quantitative estimate of drug-likeness (QED) is 0.774. The predicted molar refractivity (Wildman–Crippen MR) is 91.5 cm³/mol. The lowest BCUT2D eigenvalue weighted by Gasteiger charge is -2.09. The van der Waals surface area contributed by atoms with Gasteiger partial charge in [-0.3, -0.25) is 0 Å². The molecule has 1 aromatic heterocycles. The zero-order chi connectivity index (χ0) is 16.3. The van der Waals surface area contributed by atoms with Gasteiger partial charge in [-0.2, -0.15) is 0 Å². The van der Waals surface area contributed by atoms with Gasteiger partial charge in [-0.15, -0.1) is 0 Å². The standard InChI is InChI=1S/C14H18N2O.2C2H6/c1-4-5-12-9-16(10-15-12)13-7-6-11(2)8-14(13)17-3;2*1-2/h6-10H,4-5H2,1-3H3;2*1-2H3. The predicted octanol–water partition coefficient (Wildman–Crippen LogP) is 5.19. The molecule has 3 heteroatoms. The fourth-order valence-corrected chi connectivity index (χ4v) is 1.88. The summed E-state index contributed by atoms with van der Waals surface area (Å²) in [7, 11) is 1.70. The summed E-state index contributed by atoms with van der Waals surface area (Å²) in [4.78, 5) is 4.39. The van der Waals surface area contributed by atoms with Crippen molar-refractivity contribution in [2.75, 3.05) is 7.11 Å². The summed E-state index contributed by atoms with van der Waals surface area (Å²) in [6.45, 7) is 12.2. The Morgan fingerprint density at radius 3 is 2.38 bits per heavy atom. The first kappa shape index (κ1) is 19.2. The summed E-state index contributed by atoms with van der Waals surface area (Å²) in [5, 5.41) is 0. The van der Waals surface area contributed by atoms with Crippen molar-refractivity contribution in [3.8, 4) is 11.4 Å². The number of imidazole rings is 1. The highest BCUT2D eigenvalue weighted by molar-refractivity contribution is 5.48. The van der Waals surface area contributed by atoms with E-state index in [1.165, 1.54) is 5.56 Å². The van der Waals surface area contributed by atoms with E-state index in [2.05, 4.69) is 37.2 Å². The zero-order valence-electron chi connectivity index (χ0n) is 14.6. The van der Waals surface area contributed by atoms with Crippen molar-refractivity contribution < 1.29 is 4.74 Å². The molecule has 0 aliphatic rings. The molecule has 0 atom stereocenters. The average molecular weight is 290 g/mol. The largest absolute Gasteiger partial charge is 0.495 e. The van der Waals surface area contributed by atoms with Crippen LogP contribution in [0.15, 0.2) is 30.7 Å². The molecule has 0 bridgehead atoms. The van der Waals surface area contributed by atoms with Crippen LogP contribution in [0.2, 0.25) is 0 Å². The van der Waals surface area contributed by atoms with Crippen LogP contribution in [0.5, 0.6) is 5.75 Å². The van der Waals surface area contributed by atoms with Gasteiger partial charge in [0.1, 0.15) is 5.75 Å². The minimum absolute atomic E-state index is 0.880. The fourth-order valence-electron chi connectivity index (χ4n) is 1.88. The summed E-state index contributed by atoms with van der Waals surface area (Å²) < 4.78 is 7.42. The second-order valence-electron chi connectivity index (χ2n) is 4.20. The number of benzene rings is 1. The third-order valence-corrected chi connectivity index (χ3v) is 2.76. The van der Waals surface area contributed by atoms with Gasteiger partial charge in [-0.1, -0.05) is 47.1 Å². The van der Waals surface area contributed by atoms with Gasteiger partial charge in [0.25, 0.3) is 0 Å². The molecule has 3 nitrogen and oxygen atoms in total. The molecule has 0 amide bonds. The van der Waals surface area contributed by atoms with Gasteiger partial charge in [0, 0.05) is 6.20 Å². The number of ether oxygens (including phenoxy) is 1. The molecule has 0 spiro atoms. The van der Waals surface area contributed by atoms with Crippen LogP contribution in [0, 0.1) is 6.92 Å². The Morgan fingerprint density at radius 1 is 1.14 bits per heavy atom. The van der Waals surface area contributed by atoms with Gasteiger partial charge in [-0.25, -0.2) is 4.98 Å². The molecule has 2 rings (SSSR count). The van der Waals surface area contributed by atoms with Crippen molar-refractivity contribution in [2.45, 2.75) is 54.4 Å². The lowest BCUT2D eigenvalue weighted by Crippen LogP contribution is -1.95. The van der Waals surface area contributed by atoms with E-state index >= 15 is 0 Å². The van der Waals surface area contributed by atoms with Crippen LogP contribution in [-0.4, -0.2) is 16.7 Å². The average Bonchev–Trinajstić information content (AvgIpc) is 3.00. The smallest absolute Gasteiger partial charge is 0.143 e. The van der Waals surface area contributed by atoms with Gasteiger partial charge in [0.05, 0.1) is 24.8 Å². The lowest BCUT2D eigenvalue weighted by molar-refractivity contribution is 0.412. The highest BCUT2D eigenvalue weighted by Gasteiger charge is 2.06. The van der Waals surface area contributed by atoms with Gasteiger partial charge < -0.3 is 9.30 Å². The molecule has 21 heavy (non-hydrogen) atoms. The molecule has 1 aromatic carbocycles. The number of aromatic nitrogens is 2. The van der Waals surface area contributed by atoms with Crippen molar-refractivity contribution in [1.82, 2.24) is 9.55 Å². The first-order chi connectivity index (χ1) is 10.2. The van der Waals surface area contributed by atoms with Crippen LogP contribution >= 0.6 is 0 Å². The molecule has 0 radical (unpaired) electrons. The van der Waals surface area contributed by atoms with Crippen LogP contribution in [0.25, 0.3) is 5.69 Å². The molecule has 0 aliphatic carbocycles. The molecular formula is C18H30N2O. The normalized spacial score (nSPS) is 9.10. The number of rotatable bonds is 4. The van der Waals surface area contributed by atoms with E-state index in [9.17, 15) is 0 Å². The van der Waals surface area contributed by atoms with Crippen molar-refractivity contribution in [1.29, 1.82) is 0 Å². The molecule has 118 valence electrons. The fraction of sp³-hybridized carbons (Fsp3) is 0.500. The van der Waals surface area contributed by atoms with Crippen LogP contribution in [-0.2, 0) is 6.42 Å². The second kappa shape index (κ2) is 11.0. The Kier molecular flexibility index (Phi) is 10.0. The maximum atomic E-state index is 5.40. The number of aryl methyl sites for hydroxylation is 2. The summed E-state index contributed by atoms with van der Waals surface area (Å²) in [5.41, 5.74) is 3.35. The summed E-state index contributed by atoms with van der Waals surface area (Å²) in [6.07, 6.45) is 6.04. The molecule has 2 aromatic rings. The third kappa shape index (κ3) is 5.62. The monoisotopic (exact) mass is 290 g/mol. The van der Waals surface area contributed by atoms with E-state index in [0.717, 1.165) is 30.0 Å². The van der Waals surface area contributed by atoms with Crippen LogP contribution < -0.4 is 4.74 Å². The molecule has 0 unspecified atom stereocenters. The minimum Gasteiger partial charge on any atom is -0.495 e. The van der Waals surface area contributed by atoms with E-state index in [1.54, 1.807) is 7.11 Å². The Hall–Kier alpha value is -1.77. The van der Waals surface area contributed by atoms with Crippen molar-refractivity contribution in [3.05, 3.63) is 42.0 Å². The minimum atomic E-state index is 0.880. The lowest BCUT2D eigenvalue weighted by atomic mass is 10.2. The molecular weight excluding hydrogens is 260 g/mol. The van der Waals surface area contributed by atoms with E-state index in [-0.39, 0.29) is 0 Å². The van der Waals surface area contributed by atoms with Gasteiger partial charge in [0.15, 0.2) is 0 Å². The molecule has 0 saturated carbocycles. The highest BCUT2D eigenvalue weighted by Crippen LogP contribution is 2.24.